The van der Waals surface area contributed by atoms with Crippen molar-refractivity contribution in [2.24, 2.45) is 0 Å². The standard InChI is InChI=1S/C20H17ClF3N5OS/c1-10-3-5-12(6-4-10)16-17(31-19-27-26-11(2)29(19)28-16)18(30)25-13-7-8-15(21)14(9-13)20(22,23)24/h3-9,16-17,28H,1-2H3,(H,25,30)/t16-,17-/m0/s1. The number of fused-ring (bicyclic) bond motifs is 1. The molecule has 0 unspecified atom stereocenters. The van der Waals surface area contributed by atoms with Crippen LogP contribution in [0.4, 0.5) is 18.9 Å². The molecule has 1 amide bonds. The molecule has 0 radical (unpaired) electrons. The van der Waals surface area contributed by atoms with E-state index in [0.29, 0.717) is 11.0 Å². The second-order valence-electron chi connectivity index (χ2n) is 7.10. The molecule has 0 fully saturated rings. The molecule has 0 saturated heterocycles. The van der Waals surface area contributed by atoms with Gasteiger partial charge in [0.1, 0.15) is 11.1 Å². The van der Waals surface area contributed by atoms with E-state index in [-0.39, 0.29) is 5.69 Å². The zero-order valence-electron chi connectivity index (χ0n) is 16.4. The first-order chi connectivity index (χ1) is 14.6. The van der Waals surface area contributed by atoms with E-state index in [1.807, 2.05) is 31.2 Å². The molecule has 2 atom stereocenters. The van der Waals surface area contributed by atoms with Crippen LogP contribution in [0.5, 0.6) is 0 Å². The van der Waals surface area contributed by atoms with Crippen LogP contribution in [0.15, 0.2) is 47.6 Å². The minimum absolute atomic E-state index is 0.00759. The fourth-order valence-electron chi connectivity index (χ4n) is 3.22. The van der Waals surface area contributed by atoms with Crippen molar-refractivity contribution < 1.29 is 18.0 Å². The molecule has 162 valence electrons. The minimum Gasteiger partial charge on any atom is -0.325 e. The number of aromatic nitrogens is 3. The number of amides is 1. The zero-order chi connectivity index (χ0) is 22.3. The third-order valence-electron chi connectivity index (χ3n) is 4.83. The SMILES string of the molecule is Cc1ccc([C@@H]2Nn3c(C)nnc3S[C@@H]2C(=O)Nc2ccc(Cl)c(C(F)(F)F)c2)cc1. The Morgan fingerprint density at radius 3 is 2.55 bits per heavy atom. The zero-order valence-corrected chi connectivity index (χ0v) is 17.9. The second kappa shape index (κ2) is 8.08. The van der Waals surface area contributed by atoms with E-state index in [1.54, 1.807) is 11.6 Å². The Hall–Kier alpha value is -2.72. The van der Waals surface area contributed by atoms with E-state index in [4.69, 9.17) is 11.6 Å². The average molecular weight is 468 g/mol. The van der Waals surface area contributed by atoms with Crippen LogP contribution < -0.4 is 10.7 Å². The van der Waals surface area contributed by atoms with Gasteiger partial charge in [-0.3, -0.25) is 4.79 Å². The number of anilines is 1. The largest absolute Gasteiger partial charge is 0.417 e. The lowest BCUT2D eigenvalue weighted by Gasteiger charge is -2.32. The summed E-state index contributed by atoms with van der Waals surface area (Å²) in [5.74, 6) is 0.163. The first kappa shape index (κ1) is 21.5. The Morgan fingerprint density at radius 1 is 1.16 bits per heavy atom. The van der Waals surface area contributed by atoms with Gasteiger partial charge in [-0.1, -0.05) is 53.2 Å². The molecule has 31 heavy (non-hydrogen) atoms. The maximum absolute atomic E-state index is 13.2. The van der Waals surface area contributed by atoms with Gasteiger partial charge in [-0.15, -0.1) is 10.2 Å². The highest BCUT2D eigenvalue weighted by molar-refractivity contribution is 8.00. The monoisotopic (exact) mass is 467 g/mol. The number of carbonyl (C=O) groups is 1. The molecule has 1 aliphatic heterocycles. The Balaban J connectivity index is 1.65. The van der Waals surface area contributed by atoms with Crippen molar-refractivity contribution in [1.29, 1.82) is 0 Å². The van der Waals surface area contributed by atoms with Gasteiger partial charge < -0.3 is 10.7 Å². The van der Waals surface area contributed by atoms with Gasteiger partial charge in [-0.05, 0) is 37.6 Å². The molecule has 1 aromatic heterocycles. The fourth-order valence-corrected chi connectivity index (χ4v) is 4.57. The molecular weight excluding hydrogens is 451 g/mol. The number of carbonyl (C=O) groups excluding carboxylic acids is 1. The van der Waals surface area contributed by atoms with E-state index in [2.05, 4.69) is 20.9 Å². The first-order valence-corrected chi connectivity index (χ1v) is 10.5. The Bertz CT molecular complexity index is 1130. The van der Waals surface area contributed by atoms with E-state index in [0.717, 1.165) is 23.3 Å². The van der Waals surface area contributed by atoms with Crippen LogP contribution in [0.1, 0.15) is 28.6 Å². The van der Waals surface area contributed by atoms with Gasteiger partial charge in [0.2, 0.25) is 11.1 Å². The molecule has 2 N–H and O–H groups in total. The highest BCUT2D eigenvalue weighted by Gasteiger charge is 2.38. The number of thioether (sulfide) groups is 1. The normalized spacial score (nSPS) is 18.3. The lowest BCUT2D eigenvalue weighted by molar-refractivity contribution is -0.137. The highest BCUT2D eigenvalue weighted by atomic mass is 35.5. The molecule has 11 heteroatoms. The molecule has 0 saturated carbocycles. The summed E-state index contributed by atoms with van der Waals surface area (Å²) in [6.45, 7) is 3.74. The van der Waals surface area contributed by atoms with E-state index in [9.17, 15) is 18.0 Å². The Kier molecular flexibility index (Phi) is 5.61. The molecular formula is C20H17ClF3N5OS. The lowest BCUT2D eigenvalue weighted by Crippen LogP contribution is -2.41. The Labute approximate surface area is 185 Å². The fraction of sp³-hybridized carbons (Fsp3) is 0.250. The molecule has 1 aliphatic rings. The molecule has 2 aromatic carbocycles. The van der Waals surface area contributed by atoms with Gasteiger partial charge in [0.05, 0.1) is 16.6 Å². The average Bonchev–Trinajstić information content (AvgIpc) is 3.08. The molecule has 0 aliphatic carbocycles. The van der Waals surface area contributed by atoms with Gasteiger partial charge in [0.15, 0.2) is 0 Å². The third-order valence-corrected chi connectivity index (χ3v) is 6.38. The minimum atomic E-state index is -4.63. The molecule has 3 aromatic rings. The van der Waals surface area contributed by atoms with Crippen molar-refractivity contribution in [2.45, 2.75) is 36.5 Å². The van der Waals surface area contributed by atoms with E-state index < -0.39 is 34.0 Å². The third kappa shape index (κ3) is 4.35. The number of hydrogen-bond donors (Lipinski definition) is 2. The van der Waals surface area contributed by atoms with Gasteiger partial charge in [0, 0.05) is 5.69 Å². The summed E-state index contributed by atoms with van der Waals surface area (Å²) in [7, 11) is 0. The van der Waals surface area contributed by atoms with Crippen LogP contribution in [0.3, 0.4) is 0 Å². The number of nitrogens with zero attached hydrogens (tertiary/aromatic N) is 3. The summed E-state index contributed by atoms with van der Waals surface area (Å²) in [5, 5.41) is 10.0. The van der Waals surface area contributed by atoms with Gasteiger partial charge in [0.25, 0.3) is 0 Å². The maximum atomic E-state index is 13.2. The van der Waals surface area contributed by atoms with Crippen LogP contribution in [-0.2, 0) is 11.0 Å². The molecule has 0 spiro atoms. The number of aryl methyl sites for hydroxylation is 2. The summed E-state index contributed by atoms with van der Waals surface area (Å²) in [6.07, 6.45) is -4.63. The molecule has 4 rings (SSSR count). The quantitative estimate of drug-likeness (QED) is 0.569. The van der Waals surface area contributed by atoms with Crippen LogP contribution in [0, 0.1) is 13.8 Å². The second-order valence-corrected chi connectivity index (χ2v) is 8.62. The number of halogens is 4. The van der Waals surface area contributed by atoms with Gasteiger partial charge >= 0.3 is 6.18 Å². The van der Waals surface area contributed by atoms with Crippen molar-refractivity contribution in [2.75, 3.05) is 10.7 Å². The van der Waals surface area contributed by atoms with Crippen molar-refractivity contribution in [1.82, 2.24) is 14.9 Å². The number of hydrogen-bond acceptors (Lipinski definition) is 5. The lowest BCUT2D eigenvalue weighted by atomic mass is 10.0. The number of benzene rings is 2. The van der Waals surface area contributed by atoms with Crippen LogP contribution in [0.25, 0.3) is 0 Å². The summed E-state index contributed by atoms with van der Waals surface area (Å²) < 4.78 is 41.2. The van der Waals surface area contributed by atoms with Gasteiger partial charge in [-0.25, -0.2) is 4.68 Å². The maximum Gasteiger partial charge on any atom is 0.417 e. The molecule has 0 bridgehead atoms. The van der Waals surface area contributed by atoms with Crippen molar-refractivity contribution in [3.05, 3.63) is 70.0 Å². The molecule has 2 heterocycles. The van der Waals surface area contributed by atoms with Crippen molar-refractivity contribution in [3.63, 3.8) is 0 Å². The van der Waals surface area contributed by atoms with Crippen molar-refractivity contribution >= 4 is 35.0 Å². The Morgan fingerprint density at radius 2 is 1.87 bits per heavy atom. The number of rotatable bonds is 3. The van der Waals surface area contributed by atoms with Crippen LogP contribution in [0.2, 0.25) is 5.02 Å². The summed E-state index contributed by atoms with van der Waals surface area (Å²) >= 11 is 6.87. The van der Waals surface area contributed by atoms with Crippen LogP contribution >= 0.6 is 23.4 Å². The number of alkyl halides is 3. The molecule has 6 nitrogen and oxygen atoms in total. The smallest absolute Gasteiger partial charge is 0.325 e. The predicted molar refractivity (Wildman–Crippen MR) is 113 cm³/mol. The van der Waals surface area contributed by atoms with Gasteiger partial charge in [-0.2, -0.15) is 13.2 Å². The predicted octanol–water partition coefficient (Wildman–Crippen LogP) is 4.96. The van der Waals surface area contributed by atoms with Crippen molar-refractivity contribution in [3.8, 4) is 0 Å². The topological polar surface area (TPSA) is 71.8 Å². The highest BCUT2D eigenvalue weighted by Crippen LogP contribution is 2.39. The van der Waals surface area contributed by atoms with Crippen LogP contribution in [-0.4, -0.2) is 26.0 Å². The summed E-state index contributed by atoms with van der Waals surface area (Å²) in [4.78, 5) is 13.1. The van der Waals surface area contributed by atoms with E-state index in [1.165, 1.54) is 17.8 Å². The first-order valence-electron chi connectivity index (χ1n) is 9.23. The van der Waals surface area contributed by atoms with E-state index >= 15 is 0 Å². The summed E-state index contributed by atoms with van der Waals surface area (Å²) in [5.41, 5.74) is 4.17. The summed E-state index contributed by atoms with van der Waals surface area (Å²) in [6, 6.07) is 10.5. The number of nitrogens with one attached hydrogen (secondary N) is 2.